The molecule has 27 heavy (non-hydrogen) atoms. The number of amides is 1. The summed E-state index contributed by atoms with van der Waals surface area (Å²) in [4.78, 5) is 16.5. The first-order valence-corrected chi connectivity index (χ1v) is 9.63. The zero-order valence-electron chi connectivity index (χ0n) is 15.9. The lowest BCUT2D eigenvalue weighted by Gasteiger charge is -2.09. The number of aryl methyl sites for hydroxylation is 2. The zero-order chi connectivity index (χ0) is 18.9. The van der Waals surface area contributed by atoms with Crippen molar-refractivity contribution in [3.05, 3.63) is 89.5 Å². The van der Waals surface area contributed by atoms with Gasteiger partial charge >= 0.3 is 0 Å². The number of nitrogens with one attached hydrogen (secondary N) is 1. The van der Waals surface area contributed by atoms with E-state index in [1.807, 2.05) is 30.6 Å². The van der Waals surface area contributed by atoms with Crippen LogP contribution in [0, 0.1) is 0 Å². The lowest BCUT2D eigenvalue weighted by Crippen LogP contribution is -2.26. The minimum atomic E-state index is 0.0933. The van der Waals surface area contributed by atoms with Crippen molar-refractivity contribution in [2.24, 2.45) is 0 Å². The maximum atomic E-state index is 12.1. The van der Waals surface area contributed by atoms with Crippen LogP contribution in [0.3, 0.4) is 0 Å². The number of hydrogen-bond donors (Lipinski definition) is 1. The van der Waals surface area contributed by atoms with Gasteiger partial charge in [-0.25, -0.2) is 4.98 Å². The molecular weight excluding hydrogens is 334 g/mol. The first kappa shape index (κ1) is 18.9. The number of hydrogen-bond acceptors (Lipinski definition) is 2. The van der Waals surface area contributed by atoms with Crippen molar-refractivity contribution in [1.29, 1.82) is 0 Å². The molecule has 4 nitrogen and oxygen atoms in total. The Kier molecular flexibility index (Phi) is 6.80. The molecule has 1 N–H and O–H groups in total. The van der Waals surface area contributed by atoms with Crippen molar-refractivity contribution in [3.8, 4) is 0 Å². The second kappa shape index (κ2) is 9.72. The second-order valence-corrected chi connectivity index (χ2v) is 6.73. The molecule has 0 spiro atoms. The van der Waals surface area contributed by atoms with E-state index in [9.17, 15) is 4.79 Å². The molecular formula is C23H27N3O. The number of carbonyl (C=O) groups excluding carboxylic acids is 1. The van der Waals surface area contributed by atoms with Gasteiger partial charge in [-0.05, 0) is 29.5 Å². The van der Waals surface area contributed by atoms with Crippen molar-refractivity contribution in [2.75, 3.05) is 6.54 Å². The predicted molar refractivity (Wildman–Crippen MR) is 109 cm³/mol. The SMILES string of the molecule is CCc1ccc(CCC(=O)NCCc2nccn2Cc2ccccc2)cc1. The summed E-state index contributed by atoms with van der Waals surface area (Å²) in [6.07, 6.45) is 6.88. The molecule has 1 aromatic heterocycles. The molecule has 4 heteroatoms. The first-order valence-electron chi connectivity index (χ1n) is 9.63. The van der Waals surface area contributed by atoms with Gasteiger partial charge in [0.1, 0.15) is 5.82 Å². The molecule has 140 valence electrons. The maximum absolute atomic E-state index is 12.1. The van der Waals surface area contributed by atoms with E-state index in [1.54, 1.807) is 0 Å². The summed E-state index contributed by atoms with van der Waals surface area (Å²) in [7, 11) is 0. The monoisotopic (exact) mass is 361 g/mol. The van der Waals surface area contributed by atoms with Crippen molar-refractivity contribution < 1.29 is 4.79 Å². The summed E-state index contributed by atoms with van der Waals surface area (Å²) in [5, 5.41) is 3.01. The summed E-state index contributed by atoms with van der Waals surface area (Å²) in [5.41, 5.74) is 3.78. The van der Waals surface area contributed by atoms with Gasteiger partial charge in [0, 0.05) is 38.3 Å². The number of carbonyl (C=O) groups is 1. The van der Waals surface area contributed by atoms with Crippen LogP contribution >= 0.6 is 0 Å². The Morgan fingerprint density at radius 2 is 1.70 bits per heavy atom. The van der Waals surface area contributed by atoms with E-state index in [2.05, 4.69) is 58.2 Å². The van der Waals surface area contributed by atoms with Gasteiger partial charge in [-0.3, -0.25) is 4.79 Å². The Hall–Kier alpha value is -2.88. The molecule has 0 aliphatic heterocycles. The zero-order valence-corrected chi connectivity index (χ0v) is 15.9. The van der Waals surface area contributed by atoms with Crippen LogP contribution in [0.1, 0.15) is 35.9 Å². The van der Waals surface area contributed by atoms with Gasteiger partial charge in [-0.1, -0.05) is 61.5 Å². The first-order chi connectivity index (χ1) is 13.2. The third-order valence-electron chi connectivity index (χ3n) is 4.74. The summed E-state index contributed by atoms with van der Waals surface area (Å²) in [5.74, 6) is 1.09. The van der Waals surface area contributed by atoms with Gasteiger partial charge in [-0.15, -0.1) is 0 Å². The fraction of sp³-hybridized carbons (Fsp3) is 0.304. The summed E-state index contributed by atoms with van der Waals surface area (Å²) >= 11 is 0. The van der Waals surface area contributed by atoms with Gasteiger partial charge in [0.25, 0.3) is 0 Å². The number of aromatic nitrogens is 2. The van der Waals surface area contributed by atoms with Crippen LogP contribution in [0.5, 0.6) is 0 Å². The fourth-order valence-electron chi connectivity index (χ4n) is 3.09. The normalized spacial score (nSPS) is 10.7. The Balaban J connectivity index is 1.41. The lowest BCUT2D eigenvalue weighted by molar-refractivity contribution is -0.121. The van der Waals surface area contributed by atoms with Gasteiger partial charge in [-0.2, -0.15) is 0 Å². The van der Waals surface area contributed by atoms with Gasteiger partial charge < -0.3 is 9.88 Å². The summed E-state index contributed by atoms with van der Waals surface area (Å²) in [6, 6.07) is 18.8. The topological polar surface area (TPSA) is 46.9 Å². The number of benzene rings is 2. The highest BCUT2D eigenvalue weighted by atomic mass is 16.1. The molecule has 0 fully saturated rings. The van der Waals surface area contributed by atoms with Crippen LogP contribution in [0.2, 0.25) is 0 Å². The van der Waals surface area contributed by atoms with E-state index >= 15 is 0 Å². The minimum absolute atomic E-state index is 0.0933. The van der Waals surface area contributed by atoms with E-state index < -0.39 is 0 Å². The van der Waals surface area contributed by atoms with E-state index in [4.69, 9.17) is 0 Å². The quantitative estimate of drug-likeness (QED) is 0.630. The Bertz CT molecular complexity index is 838. The molecule has 0 aliphatic carbocycles. The third kappa shape index (κ3) is 5.81. The van der Waals surface area contributed by atoms with Gasteiger partial charge in [0.05, 0.1) is 0 Å². The predicted octanol–water partition coefficient (Wildman–Crippen LogP) is 3.79. The van der Waals surface area contributed by atoms with Crippen LogP contribution in [-0.2, 0) is 30.6 Å². The molecule has 1 heterocycles. The third-order valence-corrected chi connectivity index (χ3v) is 4.74. The van der Waals surface area contributed by atoms with Gasteiger partial charge in [0.2, 0.25) is 5.91 Å². The summed E-state index contributed by atoms with van der Waals surface area (Å²) in [6.45, 7) is 3.56. The molecule has 0 saturated carbocycles. The highest BCUT2D eigenvalue weighted by Crippen LogP contribution is 2.08. The van der Waals surface area contributed by atoms with Crippen LogP contribution in [0.25, 0.3) is 0 Å². The van der Waals surface area contributed by atoms with E-state index in [1.165, 1.54) is 16.7 Å². The molecule has 3 aromatic rings. The van der Waals surface area contributed by atoms with E-state index in [0.717, 1.165) is 31.6 Å². The van der Waals surface area contributed by atoms with E-state index in [0.29, 0.717) is 13.0 Å². The number of rotatable bonds is 9. The smallest absolute Gasteiger partial charge is 0.220 e. The van der Waals surface area contributed by atoms with Gasteiger partial charge in [0.15, 0.2) is 0 Å². The highest BCUT2D eigenvalue weighted by Gasteiger charge is 2.06. The second-order valence-electron chi connectivity index (χ2n) is 6.73. The van der Waals surface area contributed by atoms with Crippen LogP contribution in [0.4, 0.5) is 0 Å². The van der Waals surface area contributed by atoms with Crippen LogP contribution in [0.15, 0.2) is 67.0 Å². The number of nitrogens with zero attached hydrogens (tertiary/aromatic N) is 2. The maximum Gasteiger partial charge on any atom is 0.220 e. The molecule has 0 saturated heterocycles. The lowest BCUT2D eigenvalue weighted by atomic mass is 10.1. The Labute approximate surface area is 161 Å². The Morgan fingerprint density at radius 1 is 0.963 bits per heavy atom. The summed E-state index contributed by atoms with van der Waals surface area (Å²) < 4.78 is 2.14. The molecule has 0 bridgehead atoms. The average molecular weight is 361 g/mol. The van der Waals surface area contributed by atoms with E-state index in [-0.39, 0.29) is 5.91 Å². The highest BCUT2D eigenvalue weighted by molar-refractivity contribution is 5.76. The van der Waals surface area contributed by atoms with Crippen LogP contribution < -0.4 is 5.32 Å². The fourth-order valence-corrected chi connectivity index (χ4v) is 3.09. The van der Waals surface area contributed by atoms with Crippen molar-refractivity contribution in [2.45, 2.75) is 39.2 Å². The molecule has 0 aliphatic rings. The van der Waals surface area contributed by atoms with Crippen molar-refractivity contribution in [3.63, 3.8) is 0 Å². The van der Waals surface area contributed by atoms with Crippen molar-refractivity contribution in [1.82, 2.24) is 14.9 Å². The van der Waals surface area contributed by atoms with Crippen LogP contribution in [-0.4, -0.2) is 22.0 Å². The molecule has 2 aromatic carbocycles. The molecule has 3 rings (SSSR count). The molecule has 1 amide bonds. The number of imidazole rings is 1. The largest absolute Gasteiger partial charge is 0.356 e. The minimum Gasteiger partial charge on any atom is -0.356 e. The average Bonchev–Trinajstić information content (AvgIpc) is 3.14. The molecule has 0 radical (unpaired) electrons. The Morgan fingerprint density at radius 3 is 2.44 bits per heavy atom. The molecule has 0 unspecified atom stereocenters. The molecule has 0 atom stereocenters. The standard InChI is InChI=1S/C23H27N3O/c1-2-19-8-10-20(11-9-19)12-13-23(27)25-15-14-22-24-16-17-26(22)18-21-6-4-3-5-7-21/h3-11,16-17H,2,12-15,18H2,1H3,(H,25,27). The van der Waals surface area contributed by atoms with Crippen molar-refractivity contribution >= 4 is 5.91 Å².